The Bertz CT molecular complexity index is 820. The number of amides is 3. The highest BCUT2D eigenvalue weighted by molar-refractivity contribution is 7.91. The number of hydrogen-bond acceptors (Lipinski definition) is 5. The van der Waals surface area contributed by atoms with Crippen molar-refractivity contribution in [2.45, 2.75) is 12.5 Å². The molecule has 0 bridgehead atoms. The largest absolute Gasteiger partial charge is 0.351 e. The van der Waals surface area contributed by atoms with Crippen molar-refractivity contribution in [3.63, 3.8) is 0 Å². The van der Waals surface area contributed by atoms with Crippen LogP contribution in [-0.2, 0) is 14.6 Å². The van der Waals surface area contributed by atoms with Crippen molar-refractivity contribution in [3.8, 4) is 0 Å². The summed E-state index contributed by atoms with van der Waals surface area (Å²) in [5, 5.41) is 2.49. The van der Waals surface area contributed by atoms with Crippen LogP contribution in [0.4, 0.5) is 4.39 Å². The topological polar surface area (TPSA) is 101 Å². The second-order valence-electron chi connectivity index (χ2n) is 5.53. The zero-order valence-corrected chi connectivity index (χ0v) is 12.7. The van der Waals surface area contributed by atoms with Crippen LogP contribution in [0.3, 0.4) is 0 Å². The summed E-state index contributed by atoms with van der Waals surface area (Å²) in [4.78, 5) is 36.8. The molecule has 3 rings (SSSR count). The molecule has 1 aromatic carbocycles. The highest BCUT2D eigenvalue weighted by Crippen LogP contribution is 2.24. The molecule has 1 unspecified atom stereocenters. The molecule has 2 heterocycles. The zero-order valence-electron chi connectivity index (χ0n) is 11.9. The van der Waals surface area contributed by atoms with Gasteiger partial charge in [0.2, 0.25) is 5.91 Å². The molecule has 23 heavy (non-hydrogen) atoms. The van der Waals surface area contributed by atoms with Crippen molar-refractivity contribution >= 4 is 27.6 Å². The van der Waals surface area contributed by atoms with Gasteiger partial charge in [0, 0.05) is 6.04 Å². The van der Waals surface area contributed by atoms with Crippen LogP contribution in [0.5, 0.6) is 0 Å². The van der Waals surface area contributed by atoms with Crippen molar-refractivity contribution in [2.75, 3.05) is 18.1 Å². The maximum absolute atomic E-state index is 13.7. The molecular formula is C14H13FN2O5S. The van der Waals surface area contributed by atoms with Crippen molar-refractivity contribution in [1.82, 2.24) is 10.2 Å². The number of hydrogen-bond donors (Lipinski definition) is 1. The SMILES string of the molecule is O=C(CN1C(=O)c2cccc(F)c2C1=O)NC1CCS(=O)(=O)C1. The van der Waals surface area contributed by atoms with E-state index in [1.165, 1.54) is 12.1 Å². The number of nitrogens with one attached hydrogen (secondary N) is 1. The third kappa shape index (κ3) is 2.83. The van der Waals surface area contributed by atoms with Gasteiger partial charge in [-0.1, -0.05) is 6.07 Å². The Morgan fingerprint density at radius 3 is 2.65 bits per heavy atom. The van der Waals surface area contributed by atoms with Crippen LogP contribution in [0.1, 0.15) is 27.1 Å². The summed E-state index contributed by atoms with van der Waals surface area (Å²) in [6.07, 6.45) is 0.296. The predicted octanol–water partition coefficient (Wildman–Crippen LogP) is -0.275. The highest BCUT2D eigenvalue weighted by Gasteiger charge is 2.39. The number of rotatable bonds is 3. The molecule has 3 amide bonds. The average molecular weight is 340 g/mol. The molecule has 122 valence electrons. The summed E-state index contributed by atoms with van der Waals surface area (Å²) in [5.74, 6) is -3.23. The third-order valence-corrected chi connectivity index (χ3v) is 5.62. The summed E-state index contributed by atoms with van der Waals surface area (Å²) in [5.41, 5.74) is -0.417. The number of benzene rings is 1. The summed E-state index contributed by atoms with van der Waals surface area (Å²) < 4.78 is 36.4. The fraction of sp³-hybridized carbons (Fsp3) is 0.357. The van der Waals surface area contributed by atoms with Gasteiger partial charge in [-0.25, -0.2) is 12.8 Å². The number of imide groups is 1. The van der Waals surface area contributed by atoms with Gasteiger partial charge in [-0.2, -0.15) is 0 Å². The van der Waals surface area contributed by atoms with Crippen LogP contribution >= 0.6 is 0 Å². The molecule has 1 N–H and O–H groups in total. The lowest BCUT2D eigenvalue weighted by molar-refractivity contribution is -0.121. The highest BCUT2D eigenvalue weighted by atomic mass is 32.2. The van der Waals surface area contributed by atoms with Gasteiger partial charge < -0.3 is 5.32 Å². The Morgan fingerprint density at radius 1 is 1.30 bits per heavy atom. The molecule has 1 saturated heterocycles. The molecule has 0 aliphatic carbocycles. The smallest absolute Gasteiger partial charge is 0.265 e. The van der Waals surface area contributed by atoms with Crippen LogP contribution in [0.25, 0.3) is 0 Å². The molecule has 0 aromatic heterocycles. The number of carbonyl (C=O) groups excluding carboxylic acids is 3. The van der Waals surface area contributed by atoms with E-state index in [-0.39, 0.29) is 22.6 Å². The van der Waals surface area contributed by atoms with Gasteiger partial charge in [-0.15, -0.1) is 0 Å². The Morgan fingerprint density at radius 2 is 2.04 bits per heavy atom. The van der Waals surface area contributed by atoms with E-state index in [0.29, 0.717) is 11.3 Å². The molecule has 0 saturated carbocycles. The minimum atomic E-state index is -3.15. The molecule has 9 heteroatoms. The number of fused-ring (bicyclic) bond motifs is 1. The fourth-order valence-corrected chi connectivity index (χ4v) is 4.44. The van der Waals surface area contributed by atoms with E-state index in [4.69, 9.17) is 0 Å². The van der Waals surface area contributed by atoms with Gasteiger partial charge in [0.15, 0.2) is 9.84 Å². The number of carbonyl (C=O) groups is 3. The van der Waals surface area contributed by atoms with Crippen LogP contribution in [0, 0.1) is 5.82 Å². The molecular weight excluding hydrogens is 327 g/mol. The van der Waals surface area contributed by atoms with Crippen molar-refractivity contribution in [2.24, 2.45) is 0 Å². The zero-order chi connectivity index (χ0) is 16.8. The third-order valence-electron chi connectivity index (χ3n) is 3.85. The Hall–Kier alpha value is -2.29. The normalized spacial score (nSPS) is 22.3. The second kappa shape index (κ2) is 5.41. The molecule has 1 fully saturated rings. The molecule has 1 aromatic rings. The van der Waals surface area contributed by atoms with Crippen molar-refractivity contribution < 1.29 is 27.2 Å². The van der Waals surface area contributed by atoms with E-state index in [1.807, 2.05) is 0 Å². The second-order valence-corrected chi connectivity index (χ2v) is 7.76. The summed E-state index contributed by atoms with van der Waals surface area (Å²) in [6.45, 7) is -0.567. The molecule has 2 aliphatic rings. The van der Waals surface area contributed by atoms with Gasteiger partial charge in [-0.05, 0) is 18.6 Å². The maximum Gasteiger partial charge on any atom is 0.265 e. The van der Waals surface area contributed by atoms with E-state index in [0.717, 1.165) is 6.07 Å². The Labute approximate surface area is 131 Å². The summed E-state index contributed by atoms with van der Waals surface area (Å²) in [6, 6.07) is 3.17. The first-order chi connectivity index (χ1) is 10.8. The van der Waals surface area contributed by atoms with Crippen LogP contribution in [0.15, 0.2) is 18.2 Å². The van der Waals surface area contributed by atoms with Gasteiger partial charge in [-0.3, -0.25) is 19.3 Å². The van der Waals surface area contributed by atoms with Gasteiger partial charge in [0.05, 0.1) is 22.6 Å². The van der Waals surface area contributed by atoms with Crippen LogP contribution in [-0.4, -0.2) is 55.1 Å². The molecule has 1 atom stereocenters. The summed E-state index contributed by atoms with van der Waals surface area (Å²) in [7, 11) is -3.15. The quantitative estimate of drug-likeness (QED) is 0.763. The first-order valence-corrected chi connectivity index (χ1v) is 8.75. The van der Waals surface area contributed by atoms with E-state index < -0.39 is 46.0 Å². The average Bonchev–Trinajstić information content (AvgIpc) is 2.92. The minimum Gasteiger partial charge on any atom is -0.351 e. The standard InChI is InChI=1S/C14H13FN2O5S/c15-10-3-1-2-9-12(10)14(20)17(13(9)19)6-11(18)16-8-4-5-23(21,22)7-8/h1-3,8H,4-7H2,(H,16,18). The van der Waals surface area contributed by atoms with Gasteiger partial charge >= 0.3 is 0 Å². The van der Waals surface area contributed by atoms with E-state index in [1.54, 1.807) is 0 Å². The minimum absolute atomic E-state index is 0.00380. The van der Waals surface area contributed by atoms with Gasteiger partial charge in [0.1, 0.15) is 12.4 Å². The molecule has 7 nitrogen and oxygen atoms in total. The summed E-state index contributed by atoms with van der Waals surface area (Å²) >= 11 is 0. The van der Waals surface area contributed by atoms with E-state index in [9.17, 15) is 27.2 Å². The van der Waals surface area contributed by atoms with Crippen LogP contribution in [0.2, 0.25) is 0 Å². The van der Waals surface area contributed by atoms with Gasteiger partial charge in [0.25, 0.3) is 11.8 Å². The number of sulfone groups is 1. The molecule has 2 aliphatic heterocycles. The van der Waals surface area contributed by atoms with Crippen molar-refractivity contribution in [3.05, 3.63) is 35.1 Å². The molecule has 0 radical (unpaired) electrons. The first kappa shape index (κ1) is 15.6. The first-order valence-electron chi connectivity index (χ1n) is 6.93. The maximum atomic E-state index is 13.7. The number of nitrogens with zero attached hydrogens (tertiary/aromatic N) is 1. The number of halogens is 1. The Kier molecular flexibility index (Phi) is 3.67. The fourth-order valence-electron chi connectivity index (χ4n) is 2.76. The van der Waals surface area contributed by atoms with Crippen molar-refractivity contribution in [1.29, 1.82) is 0 Å². The van der Waals surface area contributed by atoms with Crippen LogP contribution < -0.4 is 5.32 Å². The monoisotopic (exact) mass is 340 g/mol. The molecule has 0 spiro atoms. The van der Waals surface area contributed by atoms with E-state index in [2.05, 4.69) is 5.32 Å². The lowest BCUT2D eigenvalue weighted by Gasteiger charge is -2.16. The van der Waals surface area contributed by atoms with E-state index >= 15 is 0 Å². The predicted molar refractivity (Wildman–Crippen MR) is 77.0 cm³/mol. The lowest BCUT2D eigenvalue weighted by Crippen LogP contribution is -2.44. The Balaban J connectivity index is 1.70. The lowest BCUT2D eigenvalue weighted by atomic mass is 10.1.